The Labute approximate surface area is 171 Å². The summed E-state index contributed by atoms with van der Waals surface area (Å²) in [6.45, 7) is 5.82. The molecule has 2 aromatic rings. The molecule has 1 saturated heterocycles. The van der Waals surface area contributed by atoms with Crippen LogP contribution in [0.4, 0.5) is 4.39 Å². The first-order valence-electron chi connectivity index (χ1n) is 10.0. The van der Waals surface area contributed by atoms with Crippen LogP contribution in [0.2, 0.25) is 0 Å². The number of piperazine rings is 1. The molecule has 1 fully saturated rings. The summed E-state index contributed by atoms with van der Waals surface area (Å²) in [7, 11) is 0. The maximum absolute atomic E-state index is 12.8. The number of halogens is 1. The second-order valence-corrected chi connectivity index (χ2v) is 7.04. The smallest absolute Gasteiger partial charge is 0.234 e. The Morgan fingerprint density at radius 2 is 1.69 bits per heavy atom. The molecule has 0 bridgehead atoms. The van der Waals surface area contributed by atoms with Gasteiger partial charge < -0.3 is 10.1 Å². The van der Waals surface area contributed by atoms with Gasteiger partial charge in [-0.15, -0.1) is 0 Å². The van der Waals surface area contributed by atoms with E-state index in [1.807, 2.05) is 18.2 Å². The predicted molar refractivity (Wildman–Crippen MR) is 113 cm³/mol. The summed E-state index contributed by atoms with van der Waals surface area (Å²) < 4.78 is 18.3. The van der Waals surface area contributed by atoms with E-state index >= 15 is 0 Å². The van der Waals surface area contributed by atoms with Crippen molar-refractivity contribution in [2.45, 2.75) is 0 Å². The van der Waals surface area contributed by atoms with E-state index < -0.39 is 0 Å². The topological polar surface area (TPSA) is 44.8 Å². The molecule has 1 amide bonds. The fourth-order valence-corrected chi connectivity index (χ4v) is 3.18. The number of amides is 1. The number of nitrogens with zero attached hydrogens (tertiary/aromatic N) is 2. The van der Waals surface area contributed by atoms with Crippen LogP contribution in [-0.4, -0.2) is 68.1 Å². The summed E-state index contributed by atoms with van der Waals surface area (Å²) in [5, 5.41) is 2.87. The largest absolute Gasteiger partial charge is 0.492 e. The van der Waals surface area contributed by atoms with Crippen molar-refractivity contribution in [3.05, 3.63) is 72.1 Å². The van der Waals surface area contributed by atoms with Crippen LogP contribution in [0.5, 0.6) is 5.75 Å². The molecular formula is C23H28FN3O2. The molecule has 0 aromatic heterocycles. The number of rotatable bonds is 9. The van der Waals surface area contributed by atoms with Crippen molar-refractivity contribution in [2.24, 2.45) is 0 Å². The minimum absolute atomic E-state index is 0.00475. The van der Waals surface area contributed by atoms with Crippen molar-refractivity contribution in [3.8, 4) is 5.75 Å². The van der Waals surface area contributed by atoms with Crippen molar-refractivity contribution in [2.75, 3.05) is 52.4 Å². The summed E-state index contributed by atoms with van der Waals surface area (Å²) in [6.07, 6.45) is 4.34. The summed E-state index contributed by atoms with van der Waals surface area (Å²) >= 11 is 0. The SMILES string of the molecule is O=C(CN1CCN(C/C=C/c2ccccc2)CC1)NCCOc1ccc(F)cc1. The van der Waals surface area contributed by atoms with Crippen molar-refractivity contribution < 1.29 is 13.9 Å². The molecule has 1 aliphatic heterocycles. The third kappa shape index (κ3) is 7.68. The van der Waals surface area contributed by atoms with E-state index in [9.17, 15) is 9.18 Å². The molecule has 0 atom stereocenters. The molecule has 6 heteroatoms. The molecule has 0 spiro atoms. The highest BCUT2D eigenvalue weighted by molar-refractivity contribution is 5.78. The molecule has 1 aliphatic rings. The van der Waals surface area contributed by atoms with Crippen LogP contribution in [0.1, 0.15) is 5.56 Å². The van der Waals surface area contributed by atoms with Gasteiger partial charge in [0.15, 0.2) is 0 Å². The van der Waals surface area contributed by atoms with Gasteiger partial charge in [0, 0.05) is 32.7 Å². The molecule has 2 aromatic carbocycles. The fourth-order valence-electron chi connectivity index (χ4n) is 3.18. The zero-order chi connectivity index (χ0) is 20.3. The van der Waals surface area contributed by atoms with Gasteiger partial charge in [-0.25, -0.2) is 4.39 Å². The van der Waals surface area contributed by atoms with Crippen LogP contribution in [0, 0.1) is 5.82 Å². The molecule has 29 heavy (non-hydrogen) atoms. The zero-order valence-electron chi connectivity index (χ0n) is 16.6. The molecule has 0 aliphatic carbocycles. The monoisotopic (exact) mass is 397 g/mol. The first-order chi connectivity index (χ1) is 14.2. The first-order valence-corrected chi connectivity index (χ1v) is 10.0. The average Bonchev–Trinajstić information content (AvgIpc) is 2.74. The Morgan fingerprint density at radius 1 is 1.00 bits per heavy atom. The first kappa shape index (κ1) is 21.0. The lowest BCUT2D eigenvalue weighted by Gasteiger charge is -2.33. The second kappa shape index (κ2) is 11.3. The number of carbonyl (C=O) groups excluding carboxylic acids is 1. The quantitative estimate of drug-likeness (QED) is 0.661. The zero-order valence-corrected chi connectivity index (χ0v) is 16.6. The molecule has 0 saturated carbocycles. The Hall–Kier alpha value is -2.70. The van der Waals surface area contributed by atoms with Crippen LogP contribution in [0.15, 0.2) is 60.7 Å². The Bertz CT molecular complexity index is 772. The molecule has 154 valence electrons. The normalized spacial score (nSPS) is 15.5. The van der Waals surface area contributed by atoms with Gasteiger partial charge in [0.2, 0.25) is 5.91 Å². The molecule has 0 radical (unpaired) electrons. The van der Waals surface area contributed by atoms with E-state index in [1.54, 1.807) is 12.1 Å². The minimum atomic E-state index is -0.294. The maximum Gasteiger partial charge on any atom is 0.234 e. The summed E-state index contributed by atoms with van der Waals surface area (Å²) in [5.74, 6) is 0.307. The van der Waals surface area contributed by atoms with Crippen LogP contribution in [0.25, 0.3) is 6.08 Å². The van der Waals surface area contributed by atoms with Crippen molar-refractivity contribution in [1.82, 2.24) is 15.1 Å². The van der Waals surface area contributed by atoms with Crippen LogP contribution < -0.4 is 10.1 Å². The molecule has 3 rings (SSSR count). The summed E-state index contributed by atoms with van der Waals surface area (Å²) in [4.78, 5) is 16.7. The van der Waals surface area contributed by atoms with Crippen molar-refractivity contribution in [1.29, 1.82) is 0 Å². The van der Waals surface area contributed by atoms with Gasteiger partial charge in [-0.05, 0) is 29.8 Å². The summed E-state index contributed by atoms with van der Waals surface area (Å²) in [5.41, 5.74) is 1.21. The van der Waals surface area contributed by atoms with Gasteiger partial charge in [0.05, 0.1) is 13.1 Å². The number of ether oxygens (including phenoxy) is 1. The van der Waals surface area contributed by atoms with Gasteiger partial charge in [0.25, 0.3) is 0 Å². The van der Waals surface area contributed by atoms with E-state index in [4.69, 9.17) is 4.74 Å². The highest BCUT2D eigenvalue weighted by atomic mass is 19.1. The molecule has 1 heterocycles. The lowest BCUT2D eigenvalue weighted by atomic mass is 10.2. The van der Waals surface area contributed by atoms with E-state index in [0.29, 0.717) is 25.4 Å². The van der Waals surface area contributed by atoms with Gasteiger partial charge >= 0.3 is 0 Å². The molecular weight excluding hydrogens is 369 g/mol. The van der Waals surface area contributed by atoms with E-state index in [0.717, 1.165) is 32.7 Å². The highest BCUT2D eigenvalue weighted by Gasteiger charge is 2.17. The lowest BCUT2D eigenvalue weighted by molar-refractivity contribution is -0.122. The van der Waals surface area contributed by atoms with E-state index in [1.165, 1.54) is 17.7 Å². The van der Waals surface area contributed by atoms with Crippen molar-refractivity contribution >= 4 is 12.0 Å². The third-order valence-electron chi connectivity index (χ3n) is 4.81. The number of benzene rings is 2. The van der Waals surface area contributed by atoms with Gasteiger partial charge in [-0.1, -0.05) is 42.5 Å². The predicted octanol–water partition coefficient (Wildman–Crippen LogP) is 2.65. The Kier molecular flexibility index (Phi) is 8.22. The number of hydrogen-bond acceptors (Lipinski definition) is 4. The number of nitrogens with one attached hydrogen (secondary N) is 1. The molecule has 1 N–H and O–H groups in total. The lowest BCUT2D eigenvalue weighted by Crippen LogP contribution is -2.49. The second-order valence-electron chi connectivity index (χ2n) is 7.04. The van der Waals surface area contributed by atoms with Crippen LogP contribution >= 0.6 is 0 Å². The van der Waals surface area contributed by atoms with E-state index in [-0.39, 0.29) is 11.7 Å². The minimum Gasteiger partial charge on any atom is -0.492 e. The summed E-state index contributed by atoms with van der Waals surface area (Å²) in [6, 6.07) is 16.1. The van der Waals surface area contributed by atoms with Crippen LogP contribution in [-0.2, 0) is 4.79 Å². The fraction of sp³-hybridized carbons (Fsp3) is 0.348. The number of hydrogen-bond donors (Lipinski definition) is 1. The Balaban J connectivity index is 1.26. The van der Waals surface area contributed by atoms with Gasteiger partial charge in [0.1, 0.15) is 18.2 Å². The van der Waals surface area contributed by atoms with Crippen molar-refractivity contribution in [3.63, 3.8) is 0 Å². The Morgan fingerprint density at radius 3 is 2.41 bits per heavy atom. The average molecular weight is 397 g/mol. The third-order valence-corrected chi connectivity index (χ3v) is 4.81. The van der Waals surface area contributed by atoms with Gasteiger partial charge in [-0.2, -0.15) is 0 Å². The standard InChI is InChI=1S/C23H28FN3O2/c24-21-8-10-22(11-9-21)29-18-12-25-23(28)19-27-16-14-26(15-17-27)13-4-7-20-5-2-1-3-6-20/h1-11H,12-19H2,(H,25,28)/b7-4+. The number of carbonyl (C=O) groups is 1. The van der Waals surface area contributed by atoms with Crippen LogP contribution in [0.3, 0.4) is 0 Å². The van der Waals surface area contributed by atoms with Gasteiger partial charge in [-0.3, -0.25) is 14.6 Å². The van der Waals surface area contributed by atoms with E-state index in [2.05, 4.69) is 39.4 Å². The molecule has 5 nitrogen and oxygen atoms in total. The highest BCUT2D eigenvalue weighted by Crippen LogP contribution is 2.10. The molecule has 0 unspecified atom stereocenters. The maximum atomic E-state index is 12.8.